The average Bonchev–Trinajstić information content (AvgIpc) is 2.48. The SMILES string of the molecule is CCCOc1ccc(C(N)CCC(C)C)cc1OCCC. The topological polar surface area (TPSA) is 44.5 Å². The van der Waals surface area contributed by atoms with E-state index in [-0.39, 0.29) is 6.04 Å². The predicted molar refractivity (Wildman–Crippen MR) is 89.0 cm³/mol. The molecule has 3 heteroatoms. The van der Waals surface area contributed by atoms with E-state index in [9.17, 15) is 0 Å². The van der Waals surface area contributed by atoms with Crippen molar-refractivity contribution in [2.24, 2.45) is 11.7 Å². The molecule has 1 aromatic rings. The van der Waals surface area contributed by atoms with Crippen molar-refractivity contribution in [2.75, 3.05) is 13.2 Å². The van der Waals surface area contributed by atoms with Gasteiger partial charge in [-0.25, -0.2) is 0 Å². The molecule has 0 saturated carbocycles. The molecule has 0 aromatic heterocycles. The lowest BCUT2D eigenvalue weighted by molar-refractivity contribution is 0.268. The van der Waals surface area contributed by atoms with Gasteiger partial charge in [-0.05, 0) is 49.3 Å². The van der Waals surface area contributed by atoms with Crippen LogP contribution in [-0.4, -0.2) is 13.2 Å². The van der Waals surface area contributed by atoms with E-state index in [0.717, 1.165) is 42.7 Å². The molecule has 0 saturated heterocycles. The van der Waals surface area contributed by atoms with Crippen LogP contribution in [0.25, 0.3) is 0 Å². The van der Waals surface area contributed by atoms with Crippen LogP contribution in [0, 0.1) is 5.92 Å². The highest BCUT2D eigenvalue weighted by molar-refractivity contribution is 5.43. The standard InChI is InChI=1S/C18H31NO2/c1-5-11-20-17-10-8-15(13-18(17)21-12-6-2)16(19)9-7-14(3)4/h8,10,13-14,16H,5-7,9,11-12,19H2,1-4H3. The smallest absolute Gasteiger partial charge is 0.161 e. The molecule has 1 unspecified atom stereocenters. The maximum Gasteiger partial charge on any atom is 0.161 e. The molecule has 0 aliphatic carbocycles. The summed E-state index contributed by atoms with van der Waals surface area (Å²) in [7, 11) is 0. The third-order valence-electron chi connectivity index (χ3n) is 3.37. The first-order valence-corrected chi connectivity index (χ1v) is 8.23. The molecule has 21 heavy (non-hydrogen) atoms. The number of nitrogens with two attached hydrogens (primary N) is 1. The minimum Gasteiger partial charge on any atom is -0.490 e. The molecule has 0 spiro atoms. The second-order valence-electron chi connectivity index (χ2n) is 5.98. The van der Waals surface area contributed by atoms with Crippen LogP contribution >= 0.6 is 0 Å². The molecular formula is C18H31NO2. The Morgan fingerprint density at radius 3 is 2.14 bits per heavy atom. The van der Waals surface area contributed by atoms with E-state index in [4.69, 9.17) is 15.2 Å². The monoisotopic (exact) mass is 293 g/mol. The van der Waals surface area contributed by atoms with Gasteiger partial charge in [0.05, 0.1) is 13.2 Å². The molecule has 1 rings (SSSR count). The molecule has 1 atom stereocenters. The summed E-state index contributed by atoms with van der Waals surface area (Å²) in [6, 6.07) is 6.17. The molecule has 3 nitrogen and oxygen atoms in total. The van der Waals surface area contributed by atoms with E-state index >= 15 is 0 Å². The van der Waals surface area contributed by atoms with Crippen molar-refractivity contribution in [1.29, 1.82) is 0 Å². The molecule has 0 bridgehead atoms. The molecule has 2 N–H and O–H groups in total. The third kappa shape index (κ3) is 6.38. The molecule has 120 valence electrons. The number of benzene rings is 1. The van der Waals surface area contributed by atoms with Gasteiger partial charge < -0.3 is 15.2 Å². The van der Waals surface area contributed by atoms with Gasteiger partial charge in [0, 0.05) is 6.04 Å². The largest absolute Gasteiger partial charge is 0.490 e. The molecular weight excluding hydrogens is 262 g/mol. The van der Waals surface area contributed by atoms with E-state index in [2.05, 4.69) is 33.8 Å². The summed E-state index contributed by atoms with van der Waals surface area (Å²) in [5, 5.41) is 0. The van der Waals surface area contributed by atoms with Gasteiger partial charge in [0.2, 0.25) is 0 Å². The van der Waals surface area contributed by atoms with Gasteiger partial charge in [0.1, 0.15) is 0 Å². The summed E-state index contributed by atoms with van der Waals surface area (Å²) in [6.07, 6.45) is 4.11. The molecule has 0 amide bonds. The Morgan fingerprint density at radius 1 is 0.952 bits per heavy atom. The number of rotatable bonds is 10. The van der Waals surface area contributed by atoms with Gasteiger partial charge in [0.15, 0.2) is 11.5 Å². The lowest BCUT2D eigenvalue weighted by Gasteiger charge is -2.17. The lowest BCUT2D eigenvalue weighted by atomic mass is 9.98. The van der Waals surface area contributed by atoms with Gasteiger partial charge in [0.25, 0.3) is 0 Å². The summed E-state index contributed by atoms with van der Waals surface area (Å²) in [5.41, 5.74) is 7.42. The zero-order valence-corrected chi connectivity index (χ0v) is 14.0. The second kappa shape index (κ2) is 9.67. The maximum atomic E-state index is 6.29. The highest BCUT2D eigenvalue weighted by atomic mass is 16.5. The van der Waals surface area contributed by atoms with Gasteiger partial charge in [-0.3, -0.25) is 0 Å². The van der Waals surface area contributed by atoms with Crippen molar-refractivity contribution in [2.45, 2.75) is 59.4 Å². The summed E-state index contributed by atoms with van der Waals surface area (Å²) in [5.74, 6) is 2.33. The van der Waals surface area contributed by atoms with Crippen LogP contribution in [0.4, 0.5) is 0 Å². The average molecular weight is 293 g/mol. The van der Waals surface area contributed by atoms with Crippen LogP contribution in [-0.2, 0) is 0 Å². The first kappa shape index (κ1) is 17.8. The summed E-state index contributed by atoms with van der Waals surface area (Å²) in [4.78, 5) is 0. The molecule has 0 radical (unpaired) electrons. The first-order chi connectivity index (χ1) is 10.1. The fraction of sp³-hybridized carbons (Fsp3) is 0.667. The van der Waals surface area contributed by atoms with E-state index in [1.165, 1.54) is 0 Å². The van der Waals surface area contributed by atoms with Crippen molar-refractivity contribution < 1.29 is 9.47 Å². The Kier molecular flexibility index (Phi) is 8.21. The Hall–Kier alpha value is -1.22. The number of hydrogen-bond donors (Lipinski definition) is 1. The van der Waals surface area contributed by atoms with E-state index in [1.54, 1.807) is 0 Å². The minimum atomic E-state index is 0.0663. The molecule has 0 aliphatic rings. The van der Waals surface area contributed by atoms with E-state index in [0.29, 0.717) is 19.1 Å². The van der Waals surface area contributed by atoms with E-state index < -0.39 is 0 Å². The Balaban J connectivity index is 2.81. The van der Waals surface area contributed by atoms with Crippen LogP contribution in [0.1, 0.15) is 65.0 Å². The third-order valence-corrected chi connectivity index (χ3v) is 3.37. The Bertz CT molecular complexity index is 404. The highest BCUT2D eigenvalue weighted by Gasteiger charge is 2.12. The normalized spacial score (nSPS) is 12.5. The zero-order chi connectivity index (χ0) is 15.7. The Morgan fingerprint density at radius 2 is 1.57 bits per heavy atom. The van der Waals surface area contributed by atoms with Crippen molar-refractivity contribution in [3.8, 4) is 11.5 Å². The quantitative estimate of drug-likeness (QED) is 0.680. The number of hydrogen-bond acceptors (Lipinski definition) is 3. The van der Waals surface area contributed by atoms with Crippen LogP contribution < -0.4 is 15.2 Å². The minimum absolute atomic E-state index is 0.0663. The van der Waals surface area contributed by atoms with Gasteiger partial charge >= 0.3 is 0 Å². The summed E-state index contributed by atoms with van der Waals surface area (Å²) < 4.78 is 11.6. The first-order valence-electron chi connectivity index (χ1n) is 8.23. The Labute approximate surface area is 129 Å². The fourth-order valence-corrected chi connectivity index (χ4v) is 2.09. The molecule has 0 aliphatic heterocycles. The van der Waals surface area contributed by atoms with Gasteiger partial charge in [-0.1, -0.05) is 33.8 Å². The van der Waals surface area contributed by atoms with Crippen LogP contribution in [0.2, 0.25) is 0 Å². The van der Waals surface area contributed by atoms with Crippen molar-refractivity contribution >= 4 is 0 Å². The number of ether oxygens (including phenoxy) is 2. The fourth-order valence-electron chi connectivity index (χ4n) is 2.09. The lowest BCUT2D eigenvalue weighted by Crippen LogP contribution is -2.12. The second-order valence-corrected chi connectivity index (χ2v) is 5.98. The van der Waals surface area contributed by atoms with Gasteiger partial charge in [-0.15, -0.1) is 0 Å². The summed E-state index contributed by atoms with van der Waals surface area (Å²) >= 11 is 0. The van der Waals surface area contributed by atoms with E-state index in [1.807, 2.05) is 12.1 Å². The van der Waals surface area contributed by atoms with Crippen LogP contribution in [0.5, 0.6) is 11.5 Å². The van der Waals surface area contributed by atoms with Crippen molar-refractivity contribution in [3.63, 3.8) is 0 Å². The zero-order valence-electron chi connectivity index (χ0n) is 14.0. The van der Waals surface area contributed by atoms with Crippen LogP contribution in [0.15, 0.2) is 18.2 Å². The van der Waals surface area contributed by atoms with Crippen LogP contribution in [0.3, 0.4) is 0 Å². The molecule has 0 fully saturated rings. The molecule has 0 heterocycles. The highest BCUT2D eigenvalue weighted by Crippen LogP contribution is 2.31. The van der Waals surface area contributed by atoms with Gasteiger partial charge in [-0.2, -0.15) is 0 Å². The predicted octanol–water partition coefficient (Wildman–Crippen LogP) is 4.70. The maximum absolute atomic E-state index is 6.29. The molecule has 1 aromatic carbocycles. The summed E-state index contributed by atoms with van der Waals surface area (Å²) in [6.45, 7) is 10.1. The van der Waals surface area contributed by atoms with Crippen molar-refractivity contribution in [3.05, 3.63) is 23.8 Å². The van der Waals surface area contributed by atoms with Crippen molar-refractivity contribution in [1.82, 2.24) is 0 Å².